The van der Waals surface area contributed by atoms with Crippen LogP contribution in [0.4, 0.5) is 5.82 Å². The summed E-state index contributed by atoms with van der Waals surface area (Å²) in [7, 11) is 1.85. The van der Waals surface area contributed by atoms with Crippen molar-refractivity contribution in [3.8, 4) is 0 Å². The number of aliphatic hydroxyl groups is 1. The van der Waals surface area contributed by atoms with E-state index in [9.17, 15) is 9.90 Å². The van der Waals surface area contributed by atoms with E-state index < -0.39 is 5.60 Å². The molecule has 0 spiro atoms. The van der Waals surface area contributed by atoms with Crippen molar-refractivity contribution in [2.45, 2.75) is 18.4 Å². The van der Waals surface area contributed by atoms with Crippen LogP contribution in [0.15, 0.2) is 11.6 Å². The van der Waals surface area contributed by atoms with Crippen LogP contribution >= 0.6 is 11.3 Å². The largest absolute Gasteiger partial charge is 0.388 e. The Balaban J connectivity index is 1.86. The number of rotatable bonds is 4. The fourth-order valence-corrected chi connectivity index (χ4v) is 3.32. The van der Waals surface area contributed by atoms with Gasteiger partial charge < -0.3 is 14.7 Å². The zero-order chi connectivity index (χ0) is 14.2. The lowest BCUT2D eigenvalue weighted by atomic mass is 9.94. The molecule has 1 fully saturated rings. The molecule has 0 amide bonds. The van der Waals surface area contributed by atoms with Gasteiger partial charge in [-0.05, 0) is 0 Å². The van der Waals surface area contributed by atoms with Gasteiger partial charge in [-0.15, -0.1) is 11.3 Å². The quantitative estimate of drug-likeness (QED) is 0.858. The zero-order valence-electron chi connectivity index (χ0n) is 11.3. The maximum Gasteiger partial charge on any atom is 0.196 e. The van der Waals surface area contributed by atoms with Crippen molar-refractivity contribution in [3.63, 3.8) is 0 Å². The summed E-state index contributed by atoms with van der Waals surface area (Å²) in [5.74, 6) is 0.617. The molecule has 1 saturated heterocycles. The molecule has 1 N–H and O–H groups in total. The summed E-state index contributed by atoms with van der Waals surface area (Å²) in [5.41, 5.74) is -0.246. The van der Waals surface area contributed by atoms with E-state index >= 15 is 0 Å². The number of ether oxygens (including phenoxy) is 1. The summed E-state index contributed by atoms with van der Waals surface area (Å²) >= 11 is 1.48. The fourth-order valence-electron chi connectivity index (χ4n) is 2.61. The van der Waals surface area contributed by atoms with Crippen molar-refractivity contribution in [1.29, 1.82) is 0 Å². The molecule has 2 aromatic rings. The summed E-state index contributed by atoms with van der Waals surface area (Å²) in [5, 5.41) is 12.4. The van der Waals surface area contributed by atoms with Crippen molar-refractivity contribution in [2.24, 2.45) is 0 Å². The van der Waals surface area contributed by atoms with Gasteiger partial charge in [0.25, 0.3) is 0 Å². The first-order valence-corrected chi connectivity index (χ1v) is 7.43. The molecule has 0 radical (unpaired) electrons. The van der Waals surface area contributed by atoms with Crippen molar-refractivity contribution in [3.05, 3.63) is 17.3 Å². The number of nitrogens with zero attached hydrogens (tertiary/aromatic N) is 3. The Labute approximate surface area is 120 Å². The lowest BCUT2D eigenvalue weighted by Gasteiger charge is -2.35. The minimum Gasteiger partial charge on any atom is -0.388 e. The maximum absolute atomic E-state index is 11.3. The highest BCUT2D eigenvalue weighted by Gasteiger charge is 2.32. The third kappa shape index (κ3) is 2.32. The smallest absolute Gasteiger partial charge is 0.196 e. The SMILES string of the molecule is CN(CC1(O)CCOCC1)c1nc2sccn2c1C=O. The number of carbonyl (C=O) groups excluding carboxylic acids is 1. The average Bonchev–Trinajstić information content (AvgIpc) is 2.98. The molecule has 108 valence electrons. The van der Waals surface area contributed by atoms with E-state index in [0.717, 1.165) is 11.2 Å². The van der Waals surface area contributed by atoms with Gasteiger partial charge in [-0.3, -0.25) is 9.20 Å². The molecule has 1 aliphatic rings. The molecule has 7 heteroatoms. The third-order valence-corrected chi connectivity index (χ3v) is 4.46. The van der Waals surface area contributed by atoms with Gasteiger partial charge in [0.15, 0.2) is 17.1 Å². The number of thiazole rings is 1. The minimum atomic E-state index is -0.774. The predicted octanol–water partition coefficient (Wildman–Crippen LogP) is 1.19. The summed E-state index contributed by atoms with van der Waals surface area (Å²) in [4.78, 5) is 18.4. The molecular formula is C13H17N3O3S. The van der Waals surface area contributed by atoms with Gasteiger partial charge in [0.1, 0.15) is 5.69 Å². The summed E-state index contributed by atoms with van der Waals surface area (Å²) in [6, 6.07) is 0. The number of hydrogen-bond donors (Lipinski definition) is 1. The molecule has 2 aromatic heterocycles. The van der Waals surface area contributed by atoms with E-state index in [1.165, 1.54) is 11.3 Å². The Kier molecular flexibility index (Phi) is 3.49. The lowest BCUT2D eigenvalue weighted by Crippen LogP contribution is -2.46. The van der Waals surface area contributed by atoms with E-state index in [2.05, 4.69) is 4.98 Å². The number of likely N-dealkylation sites (N-methyl/N-ethyl adjacent to an activating group) is 1. The highest BCUT2D eigenvalue weighted by molar-refractivity contribution is 7.15. The van der Waals surface area contributed by atoms with Gasteiger partial charge in [0.05, 0.1) is 5.60 Å². The molecular weight excluding hydrogens is 278 g/mol. The number of anilines is 1. The number of aldehydes is 1. The highest BCUT2D eigenvalue weighted by atomic mass is 32.1. The standard InChI is InChI=1S/C13H17N3O3S/c1-15(9-13(18)2-5-19-6-3-13)11-10(8-17)16-4-7-20-12(16)14-11/h4,7-8,18H,2-3,5-6,9H2,1H3. The first kappa shape index (κ1) is 13.5. The molecule has 6 nitrogen and oxygen atoms in total. The molecule has 0 bridgehead atoms. The second-order valence-electron chi connectivity index (χ2n) is 5.19. The van der Waals surface area contributed by atoms with Crippen LogP contribution in [-0.2, 0) is 4.74 Å². The Bertz CT molecular complexity index is 615. The topological polar surface area (TPSA) is 67.1 Å². The van der Waals surface area contributed by atoms with Gasteiger partial charge in [-0.1, -0.05) is 0 Å². The van der Waals surface area contributed by atoms with Crippen molar-refractivity contribution >= 4 is 28.4 Å². The van der Waals surface area contributed by atoms with Gasteiger partial charge in [-0.25, -0.2) is 4.98 Å². The van der Waals surface area contributed by atoms with E-state index in [0.29, 0.717) is 44.1 Å². The van der Waals surface area contributed by atoms with Crippen LogP contribution in [0.3, 0.4) is 0 Å². The Morgan fingerprint density at radius 3 is 3.05 bits per heavy atom. The van der Waals surface area contributed by atoms with Gasteiger partial charge >= 0.3 is 0 Å². The van der Waals surface area contributed by atoms with Gasteiger partial charge in [0.2, 0.25) is 0 Å². The highest BCUT2D eigenvalue weighted by Crippen LogP contribution is 2.27. The third-order valence-electron chi connectivity index (χ3n) is 3.71. The maximum atomic E-state index is 11.3. The van der Waals surface area contributed by atoms with Crippen LogP contribution in [0.1, 0.15) is 23.3 Å². The normalized spacial score (nSPS) is 18.3. The Hall–Kier alpha value is -1.44. The summed E-state index contributed by atoms with van der Waals surface area (Å²) < 4.78 is 7.06. The predicted molar refractivity (Wildman–Crippen MR) is 76.7 cm³/mol. The number of fused-ring (bicyclic) bond motifs is 1. The van der Waals surface area contributed by atoms with Crippen LogP contribution in [0.5, 0.6) is 0 Å². The van der Waals surface area contributed by atoms with Crippen LogP contribution in [-0.4, -0.2) is 53.2 Å². The first-order chi connectivity index (χ1) is 9.63. The lowest BCUT2D eigenvalue weighted by molar-refractivity contribution is -0.0573. The summed E-state index contributed by atoms with van der Waals surface area (Å²) in [6.07, 6.45) is 3.86. The first-order valence-electron chi connectivity index (χ1n) is 6.55. The number of hydrogen-bond acceptors (Lipinski definition) is 6. The molecule has 0 saturated carbocycles. The van der Waals surface area contributed by atoms with Gasteiger partial charge in [-0.2, -0.15) is 0 Å². The fraction of sp³-hybridized carbons (Fsp3) is 0.538. The van der Waals surface area contributed by atoms with Crippen molar-refractivity contribution in [2.75, 3.05) is 31.7 Å². The molecule has 20 heavy (non-hydrogen) atoms. The Morgan fingerprint density at radius 2 is 2.35 bits per heavy atom. The Morgan fingerprint density at radius 1 is 1.60 bits per heavy atom. The molecule has 0 atom stereocenters. The molecule has 0 aromatic carbocycles. The van der Waals surface area contributed by atoms with Crippen LogP contribution in [0.25, 0.3) is 4.96 Å². The van der Waals surface area contributed by atoms with Crippen molar-refractivity contribution < 1.29 is 14.6 Å². The number of aromatic nitrogens is 2. The van der Waals surface area contributed by atoms with E-state index in [1.807, 2.05) is 23.5 Å². The van der Waals surface area contributed by atoms with E-state index in [4.69, 9.17) is 4.74 Å². The molecule has 0 aliphatic carbocycles. The van der Waals surface area contributed by atoms with Gasteiger partial charge in [0, 0.05) is 51.2 Å². The number of imidazole rings is 1. The van der Waals surface area contributed by atoms with Crippen molar-refractivity contribution in [1.82, 2.24) is 9.38 Å². The van der Waals surface area contributed by atoms with E-state index in [1.54, 1.807) is 4.40 Å². The molecule has 1 aliphatic heterocycles. The van der Waals surface area contributed by atoms with Crippen LogP contribution in [0, 0.1) is 0 Å². The van der Waals surface area contributed by atoms with Crippen LogP contribution < -0.4 is 4.90 Å². The second-order valence-corrected chi connectivity index (χ2v) is 6.06. The minimum absolute atomic E-state index is 0.446. The monoisotopic (exact) mass is 295 g/mol. The summed E-state index contributed by atoms with van der Waals surface area (Å²) in [6.45, 7) is 1.59. The second kappa shape index (κ2) is 5.16. The zero-order valence-corrected chi connectivity index (χ0v) is 12.1. The molecule has 3 rings (SSSR count). The molecule has 0 unspecified atom stereocenters. The average molecular weight is 295 g/mol. The number of carbonyl (C=O) groups is 1. The molecule has 3 heterocycles. The van der Waals surface area contributed by atoms with Crippen LogP contribution in [0.2, 0.25) is 0 Å². The van der Waals surface area contributed by atoms with E-state index in [-0.39, 0.29) is 0 Å².